The summed E-state index contributed by atoms with van der Waals surface area (Å²) in [6, 6.07) is 19.0. The first kappa shape index (κ1) is 18.9. The second kappa shape index (κ2) is 9.17. The van der Waals surface area contributed by atoms with E-state index in [2.05, 4.69) is 95.3 Å². The molecule has 1 unspecified atom stereocenters. The SMILES string of the molecule is C/C=C\C(C)=C(\CC(C)c1ccccc1)C(C)=Nc1ccccc1C. The zero-order valence-corrected chi connectivity index (χ0v) is 16.1. The lowest BCUT2D eigenvalue weighted by atomic mass is 9.89. The van der Waals surface area contributed by atoms with Gasteiger partial charge in [-0.15, -0.1) is 0 Å². The highest BCUT2D eigenvalue weighted by Crippen LogP contribution is 2.28. The summed E-state index contributed by atoms with van der Waals surface area (Å²) in [4.78, 5) is 4.93. The van der Waals surface area contributed by atoms with Crippen LogP contribution >= 0.6 is 0 Å². The molecule has 0 aromatic heterocycles. The molecule has 0 amide bonds. The van der Waals surface area contributed by atoms with Gasteiger partial charge in [-0.1, -0.05) is 67.6 Å². The topological polar surface area (TPSA) is 12.4 Å². The summed E-state index contributed by atoms with van der Waals surface area (Å²) >= 11 is 0. The maximum atomic E-state index is 4.93. The second-order valence-electron chi connectivity index (χ2n) is 6.66. The van der Waals surface area contributed by atoms with Crippen molar-refractivity contribution in [2.75, 3.05) is 0 Å². The van der Waals surface area contributed by atoms with Gasteiger partial charge in [0.1, 0.15) is 0 Å². The van der Waals surface area contributed by atoms with Gasteiger partial charge in [0.05, 0.1) is 5.69 Å². The lowest BCUT2D eigenvalue weighted by molar-refractivity contribution is 0.763. The summed E-state index contributed by atoms with van der Waals surface area (Å²) in [5.74, 6) is 0.457. The molecule has 0 aliphatic rings. The third-order valence-corrected chi connectivity index (χ3v) is 4.61. The molecule has 0 aliphatic heterocycles. The van der Waals surface area contributed by atoms with Crippen molar-refractivity contribution >= 4 is 11.4 Å². The van der Waals surface area contributed by atoms with Gasteiger partial charge in [0.15, 0.2) is 0 Å². The van der Waals surface area contributed by atoms with Gasteiger partial charge in [-0.3, -0.25) is 4.99 Å². The summed E-state index contributed by atoms with van der Waals surface area (Å²) < 4.78 is 0. The minimum Gasteiger partial charge on any atom is -0.253 e. The van der Waals surface area contributed by atoms with Crippen molar-refractivity contribution in [2.45, 2.75) is 47.0 Å². The van der Waals surface area contributed by atoms with Crippen LogP contribution in [0.4, 0.5) is 5.69 Å². The van der Waals surface area contributed by atoms with Crippen LogP contribution in [0.15, 0.2) is 82.9 Å². The van der Waals surface area contributed by atoms with Gasteiger partial charge < -0.3 is 0 Å². The highest BCUT2D eigenvalue weighted by Gasteiger charge is 2.13. The minimum atomic E-state index is 0.457. The van der Waals surface area contributed by atoms with Crippen LogP contribution in [0, 0.1) is 6.92 Å². The number of nitrogens with zero attached hydrogens (tertiary/aromatic N) is 1. The molecule has 1 atom stereocenters. The average Bonchev–Trinajstić information content (AvgIpc) is 2.62. The van der Waals surface area contributed by atoms with Crippen molar-refractivity contribution < 1.29 is 0 Å². The number of para-hydroxylation sites is 1. The zero-order chi connectivity index (χ0) is 18.2. The molecule has 1 heteroatoms. The van der Waals surface area contributed by atoms with E-state index in [9.17, 15) is 0 Å². The van der Waals surface area contributed by atoms with Crippen LogP contribution in [0.2, 0.25) is 0 Å². The highest BCUT2D eigenvalue weighted by molar-refractivity contribution is 6.01. The van der Waals surface area contributed by atoms with E-state index < -0.39 is 0 Å². The van der Waals surface area contributed by atoms with E-state index in [4.69, 9.17) is 4.99 Å². The molecule has 130 valence electrons. The number of benzene rings is 2. The van der Waals surface area contributed by atoms with Crippen molar-refractivity contribution in [3.63, 3.8) is 0 Å². The van der Waals surface area contributed by atoms with Crippen LogP contribution in [-0.4, -0.2) is 5.71 Å². The Bertz CT molecular complexity index is 779. The van der Waals surface area contributed by atoms with E-state index in [1.165, 1.54) is 22.3 Å². The Morgan fingerprint density at radius 3 is 2.28 bits per heavy atom. The molecule has 25 heavy (non-hydrogen) atoms. The summed E-state index contributed by atoms with van der Waals surface area (Å²) in [6.45, 7) is 10.8. The van der Waals surface area contributed by atoms with Gasteiger partial charge in [-0.2, -0.15) is 0 Å². The van der Waals surface area contributed by atoms with Crippen LogP contribution in [0.25, 0.3) is 0 Å². The Labute approximate surface area is 152 Å². The molecule has 0 saturated carbocycles. The third kappa shape index (κ3) is 5.29. The molecule has 0 heterocycles. The fourth-order valence-corrected chi connectivity index (χ4v) is 3.09. The molecular weight excluding hydrogens is 302 g/mol. The first-order chi connectivity index (χ1) is 12.0. The van der Waals surface area contributed by atoms with E-state index in [0.29, 0.717) is 5.92 Å². The van der Waals surface area contributed by atoms with Gasteiger partial charge in [0, 0.05) is 5.71 Å². The highest BCUT2D eigenvalue weighted by atomic mass is 14.7. The first-order valence-corrected chi connectivity index (χ1v) is 9.01. The van der Waals surface area contributed by atoms with E-state index in [1.54, 1.807) is 0 Å². The molecular formula is C24H29N. The molecule has 0 N–H and O–H groups in total. The molecule has 0 saturated heterocycles. The third-order valence-electron chi connectivity index (χ3n) is 4.61. The van der Waals surface area contributed by atoms with Gasteiger partial charge in [0.25, 0.3) is 0 Å². The molecule has 2 aromatic rings. The molecule has 0 fully saturated rings. The van der Waals surface area contributed by atoms with Gasteiger partial charge >= 0.3 is 0 Å². The van der Waals surface area contributed by atoms with Crippen LogP contribution in [0.1, 0.15) is 51.2 Å². The molecule has 0 spiro atoms. The predicted molar refractivity (Wildman–Crippen MR) is 111 cm³/mol. The Morgan fingerprint density at radius 2 is 1.64 bits per heavy atom. The number of allylic oxidation sites excluding steroid dienone is 4. The Balaban J connectivity index is 2.37. The van der Waals surface area contributed by atoms with E-state index in [-0.39, 0.29) is 0 Å². The molecule has 1 nitrogen and oxygen atoms in total. The maximum Gasteiger partial charge on any atom is 0.0662 e. The monoisotopic (exact) mass is 331 g/mol. The zero-order valence-electron chi connectivity index (χ0n) is 16.1. The average molecular weight is 332 g/mol. The number of aliphatic imine (C=N–C) groups is 1. The van der Waals surface area contributed by atoms with Crippen LogP contribution < -0.4 is 0 Å². The number of aryl methyl sites for hydroxylation is 1. The van der Waals surface area contributed by atoms with Crippen LogP contribution in [-0.2, 0) is 0 Å². The smallest absolute Gasteiger partial charge is 0.0662 e. The summed E-state index contributed by atoms with van der Waals surface area (Å²) in [5.41, 5.74) is 7.36. The largest absolute Gasteiger partial charge is 0.253 e. The molecule has 0 bridgehead atoms. The summed E-state index contributed by atoms with van der Waals surface area (Å²) in [7, 11) is 0. The van der Waals surface area contributed by atoms with Crippen molar-refractivity contribution in [3.05, 3.63) is 89.0 Å². The van der Waals surface area contributed by atoms with E-state index in [0.717, 1.165) is 17.8 Å². The Morgan fingerprint density at radius 1 is 1.00 bits per heavy atom. The fraction of sp³-hybridized carbons (Fsp3) is 0.292. The van der Waals surface area contributed by atoms with Gasteiger partial charge in [0.2, 0.25) is 0 Å². The van der Waals surface area contributed by atoms with Crippen LogP contribution in [0.5, 0.6) is 0 Å². The summed E-state index contributed by atoms with van der Waals surface area (Å²) in [5, 5.41) is 0. The standard InChI is InChI=1S/C24H29N/c1-6-12-18(2)23(17-20(4)22-14-8-7-9-15-22)21(5)25-24-16-11-10-13-19(24)3/h6-16,20H,17H2,1-5H3/b12-6-,23-18-,25-21?. The number of rotatable bonds is 6. The van der Waals surface area contributed by atoms with E-state index >= 15 is 0 Å². The Kier molecular flexibility index (Phi) is 6.94. The number of hydrogen-bond acceptors (Lipinski definition) is 1. The van der Waals surface area contributed by atoms with Crippen molar-refractivity contribution in [1.82, 2.24) is 0 Å². The Hall–Kier alpha value is -2.41. The lowest BCUT2D eigenvalue weighted by Crippen LogP contribution is -2.05. The van der Waals surface area contributed by atoms with Gasteiger partial charge in [-0.25, -0.2) is 0 Å². The summed E-state index contributed by atoms with van der Waals surface area (Å²) in [6.07, 6.45) is 5.27. The predicted octanol–water partition coefficient (Wildman–Crippen LogP) is 7.17. The normalized spacial score (nSPS) is 14.5. The molecule has 2 rings (SSSR count). The molecule has 2 aromatic carbocycles. The van der Waals surface area contributed by atoms with Crippen molar-refractivity contribution in [1.29, 1.82) is 0 Å². The van der Waals surface area contributed by atoms with E-state index in [1.807, 2.05) is 6.07 Å². The number of hydrogen-bond donors (Lipinski definition) is 0. The maximum absolute atomic E-state index is 4.93. The quantitative estimate of drug-likeness (QED) is 0.393. The van der Waals surface area contributed by atoms with Crippen LogP contribution in [0.3, 0.4) is 0 Å². The van der Waals surface area contributed by atoms with Gasteiger partial charge in [-0.05, 0) is 68.4 Å². The molecule has 0 radical (unpaired) electrons. The van der Waals surface area contributed by atoms with Crippen molar-refractivity contribution in [2.24, 2.45) is 4.99 Å². The van der Waals surface area contributed by atoms with Crippen molar-refractivity contribution in [3.8, 4) is 0 Å². The lowest BCUT2D eigenvalue weighted by Gasteiger charge is -2.17. The minimum absolute atomic E-state index is 0.457. The second-order valence-corrected chi connectivity index (χ2v) is 6.66. The molecule has 0 aliphatic carbocycles. The first-order valence-electron chi connectivity index (χ1n) is 9.01. The fourth-order valence-electron chi connectivity index (χ4n) is 3.09.